The molecule has 0 amide bonds. The Balaban J connectivity index is 4.11. The molecule has 0 saturated heterocycles. The van der Waals surface area contributed by atoms with Crippen LogP contribution in [0.2, 0.25) is 25.2 Å². The maximum atomic E-state index is 2.41. The minimum Gasteiger partial charge on any atom is -0.0857 e. The van der Waals surface area contributed by atoms with Gasteiger partial charge in [0.2, 0.25) is 0 Å². The van der Waals surface area contributed by atoms with E-state index in [-0.39, 0.29) is 0 Å². The molecule has 0 rings (SSSR count). The minimum atomic E-state index is -0.900. The van der Waals surface area contributed by atoms with Gasteiger partial charge in [0.05, 0.1) is 8.07 Å². The third kappa shape index (κ3) is 3.88. The lowest BCUT2D eigenvalue weighted by Gasteiger charge is -2.22. The lowest BCUT2D eigenvalue weighted by atomic mass is 10.3. The summed E-state index contributed by atoms with van der Waals surface area (Å²) >= 11 is 0. The highest BCUT2D eigenvalue weighted by molar-refractivity contribution is 6.77. The molecule has 0 aromatic heterocycles. The molecule has 0 nitrogen and oxygen atoms in total. The summed E-state index contributed by atoms with van der Waals surface area (Å²) in [4.78, 5) is 0. The van der Waals surface area contributed by atoms with Crippen molar-refractivity contribution in [2.24, 2.45) is 0 Å². The maximum Gasteiger partial charge on any atom is 0.0510 e. The monoisotopic (exact) mass is 156 g/mol. The molecule has 1 unspecified atom stereocenters. The molecule has 0 fully saturated rings. The van der Waals surface area contributed by atoms with E-state index in [9.17, 15) is 0 Å². The Morgan fingerprint density at radius 3 is 1.70 bits per heavy atom. The maximum absolute atomic E-state index is 2.41. The van der Waals surface area contributed by atoms with E-state index in [0.29, 0.717) is 0 Å². The molecular formula is C9H20Si. The first-order chi connectivity index (χ1) is 4.34. The Morgan fingerprint density at radius 2 is 1.60 bits per heavy atom. The van der Waals surface area contributed by atoms with E-state index in [0.717, 1.165) is 5.54 Å². The van der Waals surface area contributed by atoms with E-state index in [1.165, 1.54) is 5.57 Å². The van der Waals surface area contributed by atoms with Crippen LogP contribution in [0.25, 0.3) is 0 Å². The predicted molar refractivity (Wildman–Crippen MR) is 52.2 cm³/mol. The number of rotatable bonds is 2. The molecule has 0 aliphatic carbocycles. The second kappa shape index (κ2) is 3.38. The van der Waals surface area contributed by atoms with Gasteiger partial charge in [0.1, 0.15) is 0 Å². The quantitative estimate of drug-likeness (QED) is 0.422. The summed E-state index contributed by atoms with van der Waals surface area (Å²) in [6.07, 6.45) is 2.40. The Labute approximate surface area is 66.4 Å². The zero-order valence-electron chi connectivity index (χ0n) is 8.15. The second-order valence-electron chi connectivity index (χ2n) is 4.40. The van der Waals surface area contributed by atoms with Gasteiger partial charge in [-0.15, -0.1) is 0 Å². The van der Waals surface area contributed by atoms with E-state index < -0.39 is 8.07 Å². The van der Waals surface area contributed by atoms with Crippen molar-refractivity contribution in [3.63, 3.8) is 0 Å². The van der Waals surface area contributed by atoms with Crippen LogP contribution in [0.15, 0.2) is 11.6 Å². The molecule has 0 aliphatic rings. The first-order valence-electron chi connectivity index (χ1n) is 3.99. The van der Waals surface area contributed by atoms with Crippen molar-refractivity contribution in [2.45, 2.75) is 46.0 Å². The first kappa shape index (κ1) is 9.96. The van der Waals surface area contributed by atoms with Crippen molar-refractivity contribution in [1.29, 1.82) is 0 Å². The van der Waals surface area contributed by atoms with Crippen molar-refractivity contribution in [2.75, 3.05) is 0 Å². The van der Waals surface area contributed by atoms with Crippen LogP contribution in [-0.2, 0) is 0 Å². The fourth-order valence-corrected chi connectivity index (χ4v) is 1.58. The van der Waals surface area contributed by atoms with Crippen molar-refractivity contribution in [3.05, 3.63) is 11.6 Å². The van der Waals surface area contributed by atoms with Gasteiger partial charge in [0, 0.05) is 0 Å². The molecule has 0 aromatic rings. The van der Waals surface area contributed by atoms with Gasteiger partial charge in [-0.2, -0.15) is 0 Å². The van der Waals surface area contributed by atoms with Crippen LogP contribution in [0, 0.1) is 0 Å². The van der Waals surface area contributed by atoms with Crippen LogP contribution in [0.3, 0.4) is 0 Å². The lowest BCUT2D eigenvalue weighted by Crippen LogP contribution is -2.24. The molecule has 60 valence electrons. The largest absolute Gasteiger partial charge is 0.0857 e. The predicted octanol–water partition coefficient (Wildman–Crippen LogP) is 3.68. The highest BCUT2D eigenvalue weighted by atomic mass is 28.3. The van der Waals surface area contributed by atoms with Crippen molar-refractivity contribution in [3.8, 4) is 0 Å². The molecule has 10 heavy (non-hydrogen) atoms. The molecule has 0 bridgehead atoms. The third-order valence-corrected chi connectivity index (χ3v) is 4.85. The lowest BCUT2D eigenvalue weighted by molar-refractivity contribution is 1.10. The molecule has 0 aliphatic heterocycles. The van der Waals surface area contributed by atoms with Gasteiger partial charge < -0.3 is 0 Å². The Kier molecular flexibility index (Phi) is 3.36. The van der Waals surface area contributed by atoms with Gasteiger partial charge in [-0.05, 0) is 19.4 Å². The van der Waals surface area contributed by atoms with Crippen LogP contribution in [0.5, 0.6) is 0 Å². The Morgan fingerprint density at radius 1 is 1.20 bits per heavy atom. The van der Waals surface area contributed by atoms with E-state index in [1.54, 1.807) is 0 Å². The molecule has 1 atom stereocenters. The summed E-state index contributed by atoms with van der Waals surface area (Å²) in [7, 11) is -0.900. The van der Waals surface area contributed by atoms with Crippen molar-refractivity contribution in [1.82, 2.24) is 0 Å². The molecule has 0 radical (unpaired) electrons. The summed E-state index contributed by atoms with van der Waals surface area (Å²) in [6, 6.07) is 0. The minimum absolute atomic E-state index is 0.817. The van der Waals surface area contributed by atoms with Crippen LogP contribution in [0.4, 0.5) is 0 Å². The summed E-state index contributed by atoms with van der Waals surface area (Å²) in [6.45, 7) is 13.9. The summed E-state index contributed by atoms with van der Waals surface area (Å²) < 4.78 is 0. The van der Waals surface area contributed by atoms with Crippen LogP contribution >= 0.6 is 0 Å². The SMILES string of the molecule is CC(C)=CC(C)[Si](C)(C)C. The van der Waals surface area contributed by atoms with E-state index in [4.69, 9.17) is 0 Å². The number of hydrogen-bond donors (Lipinski definition) is 0. The molecule has 0 N–H and O–H groups in total. The highest BCUT2D eigenvalue weighted by Gasteiger charge is 2.19. The van der Waals surface area contributed by atoms with Crippen LogP contribution in [-0.4, -0.2) is 8.07 Å². The first-order valence-corrected chi connectivity index (χ1v) is 7.57. The van der Waals surface area contributed by atoms with Gasteiger partial charge in [0.25, 0.3) is 0 Å². The summed E-state index contributed by atoms with van der Waals surface area (Å²) in [5.41, 5.74) is 2.27. The van der Waals surface area contributed by atoms with Crippen molar-refractivity contribution >= 4 is 8.07 Å². The molecule has 1 heteroatoms. The topological polar surface area (TPSA) is 0 Å². The second-order valence-corrected chi connectivity index (χ2v) is 10.0. The van der Waals surface area contributed by atoms with Gasteiger partial charge in [-0.1, -0.05) is 38.2 Å². The molecular weight excluding hydrogens is 136 g/mol. The van der Waals surface area contributed by atoms with Crippen molar-refractivity contribution < 1.29 is 0 Å². The van der Waals surface area contributed by atoms with E-state index in [2.05, 4.69) is 46.5 Å². The third-order valence-electron chi connectivity index (χ3n) is 1.95. The smallest absolute Gasteiger partial charge is 0.0510 e. The normalized spacial score (nSPS) is 14.6. The van der Waals surface area contributed by atoms with E-state index >= 15 is 0 Å². The number of hydrogen-bond acceptors (Lipinski definition) is 0. The average molecular weight is 156 g/mol. The molecule has 0 saturated carbocycles. The fourth-order valence-electron chi connectivity index (χ4n) is 0.750. The Hall–Kier alpha value is -0.0431. The number of allylic oxidation sites excluding steroid dienone is 2. The standard InChI is InChI=1S/C9H20Si/c1-8(2)7-9(3)10(4,5)6/h7,9H,1-6H3. The van der Waals surface area contributed by atoms with Gasteiger partial charge in [-0.25, -0.2) is 0 Å². The highest BCUT2D eigenvalue weighted by Crippen LogP contribution is 2.23. The van der Waals surface area contributed by atoms with Crippen LogP contribution < -0.4 is 0 Å². The molecule has 0 aromatic carbocycles. The molecule has 0 heterocycles. The fraction of sp³-hybridized carbons (Fsp3) is 0.778. The van der Waals surface area contributed by atoms with Gasteiger partial charge in [-0.3, -0.25) is 0 Å². The van der Waals surface area contributed by atoms with Gasteiger partial charge in [0.15, 0.2) is 0 Å². The zero-order chi connectivity index (χ0) is 8.36. The van der Waals surface area contributed by atoms with E-state index in [1.807, 2.05) is 0 Å². The Bertz CT molecular complexity index is 124. The summed E-state index contributed by atoms with van der Waals surface area (Å²) in [5, 5.41) is 0. The molecule has 0 spiro atoms. The zero-order valence-corrected chi connectivity index (χ0v) is 9.15. The van der Waals surface area contributed by atoms with Gasteiger partial charge >= 0.3 is 0 Å². The van der Waals surface area contributed by atoms with Crippen LogP contribution in [0.1, 0.15) is 20.8 Å². The average Bonchev–Trinajstić information content (AvgIpc) is 1.60. The summed E-state index contributed by atoms with van der Waals surface area (Å²) in [5.74, 6) is 0.